The summed E-state index contributed by atoms with van der Waals surface area (Å²) in [5, 5.41) is 10.3. The lowest BCUT2D eigenvalue weighted by Crippen LogP contribution is -2.28. The largest absolute Gasteiger partial charge is 0.390 e. The summed E-state index contributed by atoms with van der Waals surface area (Å²) in [5.74, 6) is 0.856. The molecule has 0 aliphatic heterocycles. The van der Waals surface area contributed by atoms with Gasteiger partial charge in [0, 0.05) is 18.2 Å². The van der Waals surface area contributed by atoms with Crippen molar-refractivity contribution in [3.8, 4) is 0 Å². The highest BCUT2D eigenvalue weighted by molar-refractivity contribution is 5.97. The van der Waals surface area contributed by atoms with Gasteiger partial charge in [-0.25, -0.2) is 0 Å². The first-order valence-corrected chi connectivity index (χ1v) is 9.13. The number of aliphatic imine (C=N–C) groups is 1. The number of rotatable bonds is 9. The van der Waals surface area contributed by atoms with Crippen LogP contribution in [0.4, 0.5) is 0 Å². The summed E-state index contributed by atoms with van der Waals surface area (Å²) in [7, 11) is 0. The zero-order valence-electron chi connectivity index (χ0n) is 15.5. The number of nitrogens with two attached hydrogens (primary N) is 1. The summed E-state index contributed by atoms with van der Waals surface area (Å²) < 4.78 is 0. The Kier molecular flexibility index (Phi) is 8.78. The Morgan fingerprint density at radius 3 is 2.65 bits per heavy atom. The summed E-state index contributed by atoms with van der Waals surface area (Å²) in [5.41, 5.74) is 7.52. The monoisotopic (exact) mass is 320 g/mol. The first kappa shape index (κ1) is 20.1. The first-order valence-electron chi connectivity index (χ1n) is 9.13. The van der Waals surface area contributed by atoms with Crippen molar-refractivity contribution < 1.29 is 5.11 Å². The SMILES string of the molecule is CC(C)CC(CC(C)(C)O)C(/C=C\CN)=NCC1=CCCCC1. The Bertz CT molecular complexity index is 427. The van der Waals surface area contributed by atoms with Crippen molar-refractivity contribution in [2.24, 2.45) is 22.6 Å². The average Bonchev–Trinajstić information content (AvgIpc) is 2.46. The molecule has 1 aliphatic rings. The van der Waals surface area contributed by atoms with Crippen LogP contribution < -0.4 is 5.73 Å². The van der Waals surface area contributed by atoms with E-state index in [2.05, 4.69) is 26.0 Å². The van der Waals surface area contributed by atoms with E-state index in [1.807, 2.05) is 19.9 Å². The second-order valence-electron chi connectivity index (χ2n) is 7.83. The van der Waals surface area contributed by atoms with Crippen molar-refractivity contribution in [2.75, 3.05) is 13.1 Å². The second-order valence-corrected chi connectivity index (χ2v) is 7.83. The lowest BCUT2D eigenvalue weighted by molar-refractivity contribution is 0.0590. The van der Waals surface area contributed by atoms with Gasteiger partial charge in [0.2, 0.25) is 0 Å². The van der Waals surface area contributed by atoms with Gasteiger partial charge in [-0.05, 0) is 64.4 Å². The zero-order valence-corrected chi connectivity index (χ0v) is 15.5. The van der Waals surface area contributed by atoms with Crippen molar-refractivity contribution in [1.29, 1.82) is 0 Å². The van der Waals surface area contributed by atoms with Gasteiger partial charge in [0.15, 0.2) is 0 Å². The molecule has 0 fully saturated rings. The molecule has 0 bridgehead atoms. The number of hydrogen-bond donors (Lipinski definition) is 2. The number of allylic oxidation sites excluding steroid dienone is 2. The van der Waals surface area contributed by atoms with E-state index in [1.165, 1.54) is 31.3 Å². The van der Waals surface area contributed by atoms with Gasteiger partial charge in [0.1, 0.15) is 0 Å². The van der Waals surface area contributed by atoms with Gasteiger partial charge in [-0.1, -0.05) is 31.6 Å². The number of hydrogen-bond acceptors (Lipinski definition) is 3. The molecule has 3 nitrogen and oxygen atoms in total. The summed E-state index contributed by atoms with van der Waals surface area (Å²) in [6.45, 7) is 9.54. The highest BCUT2D eigenvalue weighted by atomic mass is 16.3. The van der Waals surface area contributed by atoms with Crippen LogP contribution in [0.25, 0.3) is 0 Å². The highest BCUT2D eigenvalue weighted by Gasteiger charge is 2.24. The van der Waals surface area contributed by atoms with E-state index < -0.39 is 5.60 Å². The fraction of sp³-hybridized carbons (Fsp3) is 0.750. The van der Waals surface area contributed by atoms with E-state index in [0.29, 0.717) is 12.5 Å². The molecule has 0 heterocycles. The van der Waals surface area contributed by atoms with Crippen molar-refractivity contribution in [1.82, 2.24) is 0 Å². The second kappa shape index (κ2) is 10.0. The molecule has 0 aromatic carbocycles. The van der Waals surface area contributed by atoms with Gasteiger partial charge < -0.3 is 10.8 Å². The van der Waals surface area contributed by atoms with E-state index in [4.69, 9.17) is 10.7 Å². The fourth-order valence-electron chi connectivity index (χ4n) is 3.23. The van der Waals surface area contributed by atoms with Crippen molar-refractivity contribution >= 4 is 5.71 Å². The molecule has 3 N–H and O–H groups in total. The molecule has 1 unspecified atom stereocenters. The Morgan fingerprint density at radius 2 is 2.13 bits per heavy atom. The number of nitrogens with zero attached hydrogens (tertiary/aromatic N) is 1. The molecule has 0 amide bonds. The van der Waals surface area contributed by atoms with Gasteiger partial charge >= 0.3 is 0 Å². The predicted molar refractivity (Wildman–Crippen MR) is 101 cm³/mol. The van der Waals surface area contributed by atoms with E-state index in [9.17, 15) is 5.11 Å². The van der Waals surface area contributed by atoms with Gasteiger partial charge in [-0.15, -0.1) is 0 Å². The minimum atomic E-state index is -0.680. The molecule has 3 heteroatoms. The molecule has 23 heavy (non-hydrogen) atoms. The molecule has 0 radical (unpaired) electrons. The zero-order chi connectivity index (χ0) is 17.3. The average molecular weight is 321 g/mol. The van der Waals surface area contributed by atoms with Crippen LogP contribution in [0.15, 0.2) is 28.8 Å². The third-order valence-corrected chi connectivity index (χ3v) is 4.19. The summed E-state index contributed by atoms with van der Waals surface area (Å²) in [4.78, 5) is 4.92. The third kappa shape index (κ3) is 9.07. The van der Waals surface area contributed by atoms with Gasteiger partial charge in [-0.2, -0.15) is 0 Å². The Labute approximate surface area is 142 Å². The summed E-state index contributed by atoms with van der Waals surface area (Å²) in [6, 6.07) is 0. The number of aliphatic hydroxyl groups is 1. The molecule has 1 rings (SSSR count). The van der Waals surface area contributed by atoms with E-state index in [0.717, 1.165) is 25.1 Å². The highest BCUT2D eigenvalue weighted by Crippen LogP contribution is 2.25. The van der Waals surface area contributed by atoms with Crippen LogP contribution in [0.2, 0.25) is 0 Å². The maximum Gasteiger partial charge on any atom is 0.0603 e. The molecule has 0 saturated carbocycles. The van der Waals surface area contributed by atoms with Crippen LogP contribution in [-0.2, 0) is 0 Å². The van der Waals surface area contributed by atoms with Crippen LogP contribution in [0, 0.1) is 11.8 Å². The van der Waals surface area contributed by atoms with Crippen LogP contribution in [0.5, 0.6) is 0 Å². The lowest BCUT2D eigenvalue weighted by Gasteiger charge is -2.27. The summed E-state index contributed by atoms with van der Waals surface area (Å²) >= 11 is 0. The smallest absolute Gasteiger partial charge is 0.0603 e. The fourth-order valence-corrected chi connectivity index (χ4v) is 3.23. The Balaban J connectivity index is 2.92. The topological polar surface area (TPSA) is 58.6 Å². The molecular weight excluding hydrogens is 284 g/mol. The van der Waals surface area contributed by atoms with E-state index >= 15 is 0 Å². The molecular formula is C20H36N2O. The summed E-state index contributed by atoms with van der Waals surface area (Å²) in [6.07, 6.45) is 13.1. The molecule has 0 aromatic rings. The molecule has 0 saturated heterocycles. The maximum absolute atomic E-state index is 10.3. The van der Waals surface area contributed by atoms with E-state index in [1.54, 1.807) is 0 Å². The van der Waals surface area contributed by atoms with Crippen LogP contribution in [-0.4, -0.2) is 29.5 Å². The Hall–Kier alpha value is -0.930. The van der Waals surface area contributed by atoms with Gasteiger partial charge in [0.05, 0.1) is 12.1 Å². The molecule has 132 valence electrons. The van der Waals surface area contributed by atoms with Crippen molar-refractivity contribution in [2.45, 2.75) is 71.8 Å². The molecule has 0 spiro atoms. The quantitative estimate of drug-likeness (QED) is 0.492. The van der Waals surface area contributed by atoms with Crippen LogP contribution >= 0.6 is 0 Å². The van der Waals surface area contributed by atoms with Crippen molar-refractivity contribution in [3.63, 3.8) is 0 Å². The Morgan fingerprint density at radius 1 is 1.39 bits per heavy atom. The minimum Gasteiger partial charge on any atom is -0.390 e. The van der Waals surface area contributed by atoms with Crippen LogP contribution in [0.1, 0.15) is 66.2 Å². The third-order valence-electron chi connectivity index (χ3n) is 4.19. The van der Waals surface area contributed by atoms with Crippen LogP contribution in [0.3, 0.4) is 0 Å². The lowest BCUT2D eigenvalue weighted by atomic mass is 9.83. The molecule has 1 atom stereocenters. The standard InChI is InChI=1S/C20H36N2O/c1-16(2)13-18(14-20(3,4)23)19(11-8-12-21)22-15-17-9-6-5-7-10-17/h8-9,11,16,18,23H,5-7,10,12-15,21H2,1-4H3/b11-8-,22-19?. The molecule has 0 aromatic heterocycles. The molecule has 1 aliphatic carbocycles. The predicted octanol–water partition coefficient (Wildman–Crippen LogP) is 4.27. The normalized spacial score (nSPS) is 18.6. The first-order chi connectivity index (χ1) is 10.8. The van der Waals surface area contributed by atoms with Gasteiger partial charge in [0.25, 0.3) is 0 Å². The van der Waals surface area contributed by atoms with Crippen molar-refractivity contribution in [3.05, 3.63) is 23.8 Å². The van der Waals surface area contributed by atoms with Gasteiger partial charge in [-0.3, -0.25) is 4.99 Å². The maximum atomic E-state index is 10.3. The van der Waals surface area contributed by atoms with E-state index in [-0.39, 0.29) is 5.92 Å². The minimum absolute atomic E-state index is 0.280.